The van der Waals surface area contributed by atoms with Crippen LogP contribution in [0.1, 0.15) is 0 Å². The lowest BCUT2D eigenvalue weighted by Gasteiger charge is -2.05. The molecule has 0 radical (unpaired) electrons. The van der Waals surface area contributed by atoms with E-state index in [0.717, 1.165) is 11.2 Å². The van der Waals surface area contributed by atoms with Gasteiger partial charge in [-0.25, -0.2) is 4.79 Å². The second kappa shape index (κ2) is 4.48. The smallest absolute Gasteiger partial charge is 0.331 e. The molecule has 0 saturated carbocycles. The lowest BCUT2D eigenvalue weighted by atomic mass is 10.2. The summed E-state index contributed by atoms with van der Waals surface area (Å²) in [6, 6.07) is 12.6. The van der Waals surface area contributed by atoms with Gasteiger partial charge in [-0.1, -0.05) is 17.7 Å². The zero-order chi connectivity index (χ0) is 13.4. The third-order valence-electron chi connectivity index (χ3n) is 2.96. The van der Waals surface area contributed by atoms with Gasteiger partial charge in [0, 0.05) is 11.1 Å². The lowest BCUT2D eigenvalue weighted by molar-refractivity contribution is 0.414. The summed E-state index contributed by atoms with van der Waals surface area (Å²) in [5.41, 5.74) is 2.03. The van der Waals surface area contributed by atoms with E-state index in [0.29, 0.717) is 16.3 Å². The third-order valence-corrected chi connectivity index (χ3v) is 3.19. The number of hydrogen-bond donors (Lipinski definition) is 1. The van der Waals surface area contributed by atoms with Crippen LogP contribution in [-0.2, 0) is 0 Å². The summed E-state index contributed by atoms with van der Waals surface area (Å²) >= 11 is 5.92. The average Bonchev–Trinajstić information content (AvgIpc) is 2.73. The second-order valence-electron chi connectivity index (χ2n) is 4.13. The normalized spacial score (nSPS) is 10.8. The molecule has 4 nitrogen and oxygen atoms in total. The number of hydrogen-bond acceptors (Lipinski definition) is 2. The Morgan fingerprint density at radius 3 is 2.84 bits per heavy atom. The predicted molar refractivity (Wildman–Crippen MR) is 75.5 cm³/mol. The van der Waals surface area contributed by atoms with Gasteiger partial charge in [-0.15, -0.1) is 0 Å². The Morgan fingerprint density at radius 2 is 2.05 bits per heavy atom. The van der Waals surface area contributed by atoms with Crippen LogP contribution in [0.5, 0.6) is 5.75 Å². The molecule has 0 aliphatic rings. The molecule has 5 heteroatoms. The molecule has 0 aliphatic heterocycles. The van der Waals surface area contributed by atoms with Gasteiger partial charge in [0.25, 0.3) is 0 Å². The minimum absolute atomic E-state index is 0.203. The summed E-state index contributed by atoms with van der Waals surface area (Å²) in [5, 5.41) is 0.589. The molecular weight excluding hydrogens is 264 g/mol. The largest absolute Gasteiger partial charge is 0.497 e. The van der Waals surface area contributed by atoms with E-state index in [4.69, 9.17) is 16.3 Å². The van der Waals surface area contributed by atoms with Crippen molar-refractivity contribution in [3.63, 3.8) is 0 Å². The van der Waals surface area contributed by atoms with E-state index in [1.165, 1.54) is 0 Å². The Kier molecular flexibility index (Phi) is 2.80. The van der Waals surface area contributed by atoms with Gasteiger partial charge in [0.1, 0.15) is 5.75 Å². The maximum atomic E-state index is 12.1. The Balaban J connectivity index is 2.29. The fourth-order valence-electron chi connectivity index (χ4n) is 2.09. The number of H-pyrrole nitrogens is 1. The molecule has 0 saturated heterocycles. The van der Waals surface area contributed by atoms with Gasteiger partial charge in [-0.3, -0.25) is 4.57 Å². The molecule has 0 aliphatic carbocycles. The summed E-state index contributed by atoms with van der Waals surface area (Å²) in [5.74, 6) is 0.702. The highest BCUT2D eigenvalue weighted by Gasteiger charge is 2.09. The molecule has 0 bridgehead atoms. The van der Waals surface area contributed by atoms with Crippen LogP contribution < -0.4 is 10.4 Å². The van der Waals surface area contributed by atoms with Gasteiger partial charge in [-0.05, 0) is 30.3 Å². The molecule has 0 amide bonds. The number of aromatic amines is 1. The summed E-state index contributed by atoms with van der Waals surface area (Å²) in [7, 11) is 1.59. The van der Waals surface area contributed by atoms with Gasteiger partial charge in [0.05, 0.1) is 23.8 Å². The summed E-state index contributed by atoms with van der Waals surface area (Å²) < 4.78 is 6.77. The number of nitrogens with zero attached hydrogens (tertiary/aromatic N) is 1. The minimum Gasteiger partial charge on any atom is -0.497 e. The number of imidazole rings is 1. The average molecular weight is 275 g/mol. The number of benzene rings is 2. The van der Waals surface area contributed by atoms with Crippen molar-refractivity contribution in [1.29, 1.82) is 0 Å². The number of fused-ring (bicyclic) bond motifs is 1. The Bertz CT molecular complexity index is 805. The molecule has 1 N–H and O–H groups in total. The summed E-state index contributed by atoms with van der Waals surface area (Å²) in [4.78, 5) is 14.9. The van der Waals surface area contributed by atoms with Crippen LogP contribution in [-0.4, -0.2) is 16.7 Å². The highest BCUT2D eigenvalue weighted by atomic mass is 35.5. The number of halogens is 1. The first-order valence-electron chi connectivity index (χ1n) is 5.74. The number of rotatable bonds is 2. The van der Waals surface area contributed by atoms with Crippen LogP contribution in [0.15, 0.2) is 47.3 Å². The summed E-state index contributed by atoms with van der Waals surface area (Å²) in [6.45, 7) is 0. The van der Waals surface area contributed by atoms with E-state index in [1.54, 1.807) is 23.8 Å². The molecule has 1 heterocycles. The van der Waals surface area contributed by atoms with E-state index in [2.05, 4.69) is 4.98 Å². The first-order chi connectivity index (χ1) is 9.19. The first-order valence-corrected chi connectivity index (χ1v) is 6.11. The topological polar surface area (TPSA) is 47.0 Å². The number of ether oxygens (including phenoxy) is 1. The standard InChI is InChI=1S/C14H11ClN2O2/c1-19-11-4-2-3-10(8-11)17-13-6-5-9(15)7-12(13)16-14(17)18/h2-8H,1H3,(H,16,18). The minimum atomic E-state index is -0.203. The Hall–Kier alpha value is -2.20. The van der Waals surface area contributed by atoms with Crippen LogP contribution in [0, 0.1) is 0 Å². The fraction of sp³-hybridized carbons (Fsp3) is 0.0714. The predicted octanol–water partition coefficient (Wildman–Crippen LogP) is 2.98. The van der Waals surface area contributed by atoms with Crippen LogP contribution >= 0.6 is 11.6 Å². The highest BCUT2D eigenvalue weighted by Crippen LogP contribution is 2.21. The van der Waals surface area contributed by atoms with Crippen molar-refractivity contribution in [1.82, 2.24) is 9.55 Å². The lowest BCUT2D eigenvalue weighted by Crippen LogP contribution is -2.14. The molecule has 0 atom stereocenters. The van der Waals surface area contributed by atoms with Crippen LogP contribution in [0.3, 0.4) is 0 Å². The van der Waals surface area contributed by atoms with Crippen molar-refractivity contribution < 1.29 is 4.74 Å². The number of nitrogens with one attached hydrogen (secondary N) is 1. The molecule has 19 heavy (non-hydrogen) atoms. The first kappa shape index (κ1) is 11.9. The molecule has 1 aromatic heterocycles. The number of aromatic nitrogens is 2. The molecule has 0 spiro atoms. The molecule has 96 valence electrons. The van der Waals surface area contributed by atoms with Crippen molar-refractivity contribution in [3.05, 3.63) is 58.0 Å². The van der Waals surface area contributed by atoms with Crippen molar-refractivity contribution in [2.45, 2.75) is 0 Å². The van der Waals surface area contributed by atoms with Crippen molar-refractivity contribution in [2.75, 3.05) is 7.11 Å². The Labute approximate surface area is 114 Å². The molecule has 3 rings (SSSR count). The van der Waals surface area contributed by atoms with Crippen LogP contribution in [0.2, 0.25) is 5.02 Å². The van der Waals surface area contributed by atoms with E-state index >= 15 is 0 Å². The maximum absolute atomic E-state index is 12.1. The zero-order valence-corrected chi connectivity index (χ0v) is 10.9. The van der Waals surface area contributed by atoms with Crippen molar-refractivity contribution in [3.8, 4) is 11.4 Å². The fourth-order valence-corrected chi connectivity index (χ4v) is 2.26. The highest BCUT2D eigenvalue weighted by molar-refractivity contribution is 6.31. The second-order valence-corrected chi connectivity index (χ2v) is 4.56. The van der Waals surface area contributed by atoms with Crippen molar-refractivity contribution >= 4 is 22.6 Å². The van der Waals surface area contributed by atoms with Gasteiger partial charge < -0.3 is 9.72 Å². The molecule has 2 aromatic carbocycles. The molecule has 0 unspecified atom stereocenters. The van der Waals surface area contributed by atoms with Gasteiger partial charge in [-0.2, -0.15) is 0 Å². The third kappa shape index (κ3) is 2.00. The SMILES string of the molecule is COc1cccc(-n2c(=O)[nH]c3cc(Cl)ccc32)c1. The quantitative estimate of drug-likeness (QED) is 0.781. The monoisotopic (exact) mass is 274 g/mol. The summed E-state index contributed by atoms with van der Waals surface area (Å²) in [6.07, 6.45) is 0. The molecule has 3 aromatic rings. The van der Waals surface area contributed by atoms with E-state index in [1.807, 2.05) is 30.3 Å². The van der Waals surface area contributed by atoms with E-state index < -0.39 is 0 Å². The Morgan fingerprint density at radius 1 is 1.21 bits per heavy atom. The van der Waals surface area contributed by atoms with E-state index in [9.17, 15) is 4.79 Å². The van der Waals surface area contributed by atoms with Gasteiger partial charge in [0.15, 0.2) is 0 Å². The van der Waals surface area contributed by atoms with Gasteiger partial charge >= 0.3 is 5.69 Å². The molecular formula is C14H11ClN2O2. The van der Waals surface area contributed by atoms with Gasteiger partial charge in [0.2, 0.25) is 0 Å². The van der Waals surface area contributed by atoms with E-state index in [-0.39, 0.29) is 5.69 Å². The number of methoxy groups -OCH3 is 1. The molecule has 0 fully saturated rings. The maximum Gasteiger partial charge on any atom is 0.331 e. The zero-order valence-electron chi connectivity index (χ0n) is 10.2. The van der Waals surface area contributed by atoms with Crippen LogP contribution in [0.25, 0.3) is 16.7 Å². The van der Waals surface area contributed by atoms with Crippen molar-refractivity contribution in [2.24, 2.45) is 0 Å². The van der Waals surface area contributed by atoms with Crippen LogP contribution in [0.4, 0.5) is 0 Å².